The Morgan fingerprint density at radius 2 is 2.25 bits per heavy atom. The summed E-state index contributed by atoms with van der Waals surface area (Å²) in [5.41, 5.74) is 7.17. The Morgan fingerprint density at radius 3 is 2.88 bits per heavy atom. The first-order valence-corrected chi connectivity index (χ1v) is 6.39. The van der Waals surface area contributed by atoms with Crippen molar-refractivity contribution in [2.75, 3.05) is 6.54 Å². The van der Waals surface area contributed by atoms with Crippen molar-refractivity contribution >= 4 is 21.4 Å². The van der Waals surface area contributed by atoms with E-state index in [4.69, 9.17) is 5.73 Å². The average Bonchev–Trinajstić information content (AvgIpc) is 2.63. The van der Waals surface area contributed by atoms with E-state index in [1.807, 2.05) is 18.3 Å². The lowest BCUT2D eigenvalue weighted by molar-refractivity contribution is 0.237. The second-order valence-corrected chi connectivity index (χ2v) is 5.34. The van der Waals surface area contributed by atoms with Crippen LogP contribution in [0.4, 0.5) is 0 Å². The van der Waals surface area contributed by atoms with E-state index < -0.39 is 0 Å². The largest absolute Gasteiger partial charge is 0.329 e. The van der Waals surface area contributed by atoms with Crippen LogP contribution in [0.15, 0.2) is 29.0 Å². The lowest BCUT2D eigenvalue weighted by Crippen LogP contribution is -2.43. The van der Waals surface area contributed by atoms with Gasteiger partial charge >= 0.3 is 0 Å². The van der Waals surface area contributed by atoms with Crippen molar-refractivity contribution < 1.29 is 0 Å². The number of fused-ring (bicyclic) bond motifs is 1. The van der Waals surface area contributed by atoms with Gasteiger partial charge < -0.3 is 5.73 Å². The second-order valence-electron chi connectivity index (χ2n) is 4.53. The minimum Gasteiger partial charge on any atom is -0.329 e. The van der Waals surface area contributed by atoms with Gasteiger partial charge in [-0.3, -0.25) is 4.40 Å². The number of rotatable bonds is 2. The summed E-state index contributed by atoms with van der Waals surface area (Å²) in [4.78, 5) is 4.57. The van der Waals surface area contributed by atoms with Crippen LogP contribution in [0.2, 0.25) is 0 Å². The fourth-order valence-electron chi connectivity index (χ4n) is 2.50. The zero-order valence-corrected chi connectivity index (χ0v) is 10.6. The molecule has 1 saturated carbocycles. The maximum Gasteiger partial charge on any atom is 0.121 e. The molecule has 3 rings (SSSR count). The fraction of sp³-hybridized carbons (Fsp3) is 0.417. The molecular formula is C12H14BrN3. The molecule has 0 radical (unpaired) electrons. The van der Waals surface area contributed by atoms with E-state index in [1.165, 1.54) is 6.42 Å². The number of halogens is 1. The van der Waals surface area contributed by atoms with Gasteiger partial charge in [-0.05, 0) is 40.9 Å². The van der Waals surface area contributed by atoms with Crippen molar-refractivity contribution in [3.63, 3.8) is 0 Å². The molecule has 0 bridgehead atoms. The highest BCUT2D eigenvalue weighted by Gasteiger charge is 2.40. The van der Waals surface area contributed by atoms with Gasteiger partial charge in [0.2, 0.25) is 0 Å². The highest BCUT2D eigenvalue weighted by Crippen LogP contribution is 2.42. The molecule has 1 aliphatic carbocycles. The molecule has 3 nitrogen and oxygen atoms in total. The molecule has 2 aromatic heterocycles. The molecule has 0 unspecified atom stereocenters. The van der Waals surface area contributed by atoms with Gasteiger partial charge in [0.15, 0.2) is 0 Å². The summed E-state index contributed by atoms with van der Waals surface area (Å²) in [6.07, 6.45) is 5.50. The molecule has 16 heavy (non-hydrogen) atoms. The molecule has 1 fully saturated rings. The molecule has 1 aliphatic rings. The molecule has 0 saturated heterocycles. The number of nitrogens with zero attached hydrogens (tertiary/aromatic N) is 2. The Kier molecular flexibility index (Phi) is 2.30. The van der Waals surface area contributed by atoms with E-state index in [2.05, 4.69) is 31.4 Å². The van der Waals surface area contributed by atoms with E-state index in [0.29, 0.717) is 6.54 Å². The van der Waals surface area contributed by atoms with Crippen LogP contribution in [0, 0.1) is 0 Å². The minimum absolute atomic E-state index is 0.107. The second kappa shape index (κ2) is 3.57. The molecular weight excluding hydrogens is 266 g/mol. The molecule has 0 spiro atoms. The van der Waals surface area contributed by atoms with Crippen molar-refractivity contribution in [3.8, 4) is 0 Å². The van der Waals surface area contributed by atoms with E-state index in [0.717, 1.165) is 28.8 Å². The molecule has 2 N–H and O–H groups in total. The molecule has 0 aliphatic heterocycles. The Morgan fingerprint density at radius 1 is 1.44 bits per heavy atom. The first-order chi connectivity index (χ1) is 7.77. The Balaban J connectivity index is 2.24. The van der Waals surface area contributed by atoms with Crippen LogP contribution in [-0.4, -0.2) is 15.9 Å². The van der Waals surface area contributed by atoms with Gasteiger partial charge in [0, 0.05) is 12.0 Å². The Bertz CT molecular complexity index is 523. The summed E-state index contributed by atoms with van der Waals surface area (Å²) in [6.45, 7) is 0.688. The topological polar surface area (TPSA) is 43.3 Å². The normalized spacial score (nSPS) is 18.6. The van der Waals surface area contributed by atoms with Crippen molar-refractivity contribution in [2.45, 2.75) is 24.7 Å². The first kappa shape index (κ1) is 10.3. The molecule has 4 heteroatoms. The summed E-state index contributed by atoms with van der Waals surface area (Å²) in [5.74, 6) is 1.11. The zero-order chi connectivity index (χ0) is 11.2. The summed E-state index contributed by atoms with van der Waals surface area (Å²) < 4.78 is 3.23. The predicted molar refractivity (Wildman–Crippen MR) is 67.5 cm³/mol. The average molecular weight is 280 g/mol. The van der Waals surface area contributed by atoms with Gasteiger partial charge in [-0.2, -0.15) is 0 Å². The number of hydrogen-bond donors (Lipinski definition) is 1. The van der Waals surface area contributed by atoms with Crippen LogP contribution in [0.3, 0.4) is 0 Å². The number of aromatic nitrogens is 2. The van der Waals surface area contributed by atoms with E-state index >= 15 is 0 Å². The summed E-state index contributed by atoms with van der Waals surface area (Å²) in [6, 6.07) is 6.14. The van der Waals surface area contributed by atoms with Crippen molar-refractivity contribution in [3.05, 3.63) is 34.8 Å². The lowest BCUT2D eigenvalue weighted by Gasteiger charge is -2.39. The lowest BCUT2D eigenvalue weighted by atomic mass is 9.68. The van der Waals surface area contributed by atoms with Crippen molar-refractivity contribution in [2.24, 2.45) is 5.73 Å². The van der Waals surface area contributed by atoms with E-state index in [1.54, 1.807) is 0 Å². The van der Waals surface area contributed by atoms with Crippen LogP contribution in [0.5, 0.6) is 0 Å². The van der Waals surface area contributed by atoms with Crippen LogP contribution in [0.25, 0.3) is 5.52 Å². The smallest absolute Gasteiger partial charge is 0.121 e. The molecule has 0 atom stereocenters. The maximum absolute atomic E-state index is 5.93. The van der Waals surface area contributed by atoms with Gasteiger partial charge in [0.25, 0.3) is 0 Å². The zero-order valence-electron chi connectivity index (χ0n) is 8.99. The fourth-order valence-corrected chi connectivity index (χ4v) is 3.03. The van der Waals surface area contributed by atoms with Crippen molar-refractivity contribution in [1.29, 1.82) is 0 Å². The van der Waals surface area contributed by atoms with Gasteiger partial charge in [-0.1, -0.05) is 12.5 Å². The quantitative estimate of drug-likeness (QED) is 0.859. The van der Waals surface area contributed by atoms with Crippen LogP contribution < -0.4 is 5.73 Å². The maximum atomic E-state index is 5.93. The summed E-state index contributed by atoms with van der Waals surface area (Å²) in [5, 5.41) is 0. The first-order valence-electron chi connectivity index (χ1n) is 5.59. The molecule has 84 valence electrons. The third-order valence-electron chi connectivity index (χ3n) is 3.68. The monoisotopic (exact) mass is 279 g/mol. The number of imidazole rings is 1. The third kappa shape index (κ3) is 1.26. The number of hydrogen-bond acceptors (Lipinski definition) is 2. The van der Waals surface area contributed by atoms with Gasteiger partial charge in [0.05, 0.1) is 16.3 Å². The van der Waals surface area contributed by atoms with Gasteiger partial charge in [0.1, 0.15) is 5.82 Å². The predicted octanol–water partition coefficient (Wildman–Crippen LogP) is 2.48. The van der Waals surface area contributed by atoms with Crippen molar-refractivity contribution in [1.82, 2.24) is 9.38 Å². The molecule has 2 aromatic rings. The third-order valence-corrected chi connectivity index (χ3v) is 4.30. The minimum atomic E-state index is 0.107. The van der Waals surface area contributed by atoms with Gasteiger partial charge in [-0.25, -0.2) is 4.98 Å². The Labute approximate surface area is 103 Å². The molecule has 0 amide bonds. The molecule has 0 aromatic carbocycles. The van der Waals surface area contributed by atoms with Crippen LogP contribution in [-0.2, 0) is 5.41 Å². The number of nitrogens with two attached hydrogens (primary N) is 1. The van der Waals surface area contributed by atoms with Gasteiger partial charge in [-0.15, -0.1) is 0 Å². The van der Waals surface area contributed by atoms with Crippen LogP contribution in [0.1, 0.15) is 25.1 Å². The standard InChI is InChI=1S/C12H14BrN3/c13-10-4-1-3-9-7-15-11(16(9)10)12(8-14)5-2-6-12/h1,3-4,7H,2,5-6,8,14H2. The number of pyridine rings is 1. The highest BCUT2D eigenvalue weighted by atomic mass is 79.9. The highest BCUT2D eigenvalue weighted by molar-refractivity contribution is 9.10. The molecule has 2 heterocycles. The summed E-state index contributed by atoms with van der Waals surface area (Å²) in [7, 11) is 0. The van der Waals surface area contributed by atoms with E-state index in [-0.39, 0.29) is 5.41 Å². The Hall–Kier alpha value is -0.870. The van der Waals surface area contributed by atoms with E-state index in [9.17, 15) is 0 Å². The van der Waals surface area contributed by atoms with Crippen LogP contribution >= 0.6 is 15.9 Å². The SMILES string of the molecule is NCC1(c2ncc3cccc(Br)n23)CCC1. The summed E-state index contributed by atoms with van der Waals surface area (Å²) >= 11 is 3.58.